The normalized spacial score (nSPS) is 14.2. The molecule has 0 aromatic heterocycles. The molecule has 5 N–H and O–H groups in total. The van der Waals surface area contributed by atoms with Crippen molar-refractivity contribution in [2.75, 3.05) is 7.05 Å². The van der Waals surface area contributed by atoms with Crippen molar-refractivity contribution in [2.45, 2.75) is 107 Å². The van der Waals surface area contributed by atoms with E-state index >= 15 is 0 Å². The van der Waals surface area contributed by atoms with Crippen LogP contribution in [0.3, 0.4) is 0 Å². The molecular weight excluding hydrogens is 476 g/mol. The molecule has 1 aromatic rings. The molecule has 0 aliphatic heterocycles. The zero-order valence-electron chi connectivity index (χ0n) is 24.4. The number of rotatable bonds is 4. The summed E-state index contributed by atoms with van der Waals surface area (Å²) in [5, 5.41) is 2.61. The van der Waals surface area contributed by atoms with Gasteiger partial charge in [-0.3, -0.25) is 0 Å². The fourth-order valence-corrected chi connectivity index (χ4v) is 3.46. The van der Waals surface area contributed by atoms with Crippen LogP contribution in [0, 0.1) is 25.2 Å². The van der Waals surface area contributed by atoms with Gasteiger partial charge in [0.2, 0.25) is 0 Å². The molecule has 1 fully saturated rings. The minimum Gasteiger partial charge on any atom is -0.693 e. The Balaban J connectivity index is -0.000000192. The molecule has 0 bridgehead atoms. The van der Waals surface area contributed by atoms with Crippen molar-refractivity contribution in [3.05, 3.63) is 65.6 Å². The van der Waals surface area contributed by atoms with Crippen LogP contribution in [0.1, 0.15) is 104 Å². The van der Waals surface area contributed by atoms with Crippen molar-refractivity contribution in [3.63, 3.8) is 0 Å². The molecule has 0 saturated heterocycles. The van der Waals surface area contributed by atoms with Gasteiger partial charge in [-0.05, 0) is 75.2 Å². The van der Waals surface area contributed by atoms with Crippen molar-refractivity contribution < 1.29 is 58.2 Å². The maximum Gasteiger partial charge on any atom is 1.00 e. The summed E-state index contributed by atoms with van der Waals surface area (Å²) in [6.07, 6.45) is 6.68. The van der Waals surface area contributed by atoms with Gasteiger partial charge in [0.25, 0.3) is 0 Å². The van der Waals surface area contributed by atoms with Crippen LogP contribution in [0.25, 0.3) is 6.15 Å². The number of nitrogens with one attached hydrogen (secondary N) is 1. The van der Waals surface area contributed by atoms with Crippen LogP contribution < -0.4 is 69.2 Å². The van der Waals surface area contributed by atoms with Crippen LogP contribution >= 0.6 is 0 Å². The smallest absolute Gasteiger partial charge is 0.693 e. The third kappa shape index (κ3) is 19.0. The van der Waals surface area contributed by atoms with Crippen LogP contribution in [0.4, 0.5) is 0 Å². The first-order valence-electron chi connectivity index (χ1n) is 12.1. The summed E-state index contributed by atoms with van der Waals surface area (Å²) >= 11 is 0. The van der Waals surface area contributed by atoms with Gasteiger partial charge in [0.05, 0.1) is 5.82 Å². The average Bonchev–Trinajstić information content (AvgIpc) is 2.69. The van der Waals surface area contributed by atoms with E-state index in [9.17, 15) is 0 Å². The summed E-state index contributed by atoms with van der Waals surface area (Å²) in [6, 6.07) is 6.84. The van der Waals surface area contributed by atoms with Gasteiger partial charge in [0, 0.05) is 7.05 Å². The predicted octanol–water partition coefficient (Wildman–Crippen LogP) is 6.15. The molecule has 0 unspecified atom stereocenters. The van der Waals surface area contributed by atoms with Gasteiger partial charge in [-0.1, -0.05) is 96.5 Å². The summed E-state index contributed by atoms with van der Waals surface area (Å²) in [5.41, 5.74) is 11.5. The average molecular weight is 532 g/mol. The van der Waals surface area contributed by atoms with Crippen molar-refractivity contribution in [1.82, 2.24) is 5.32 Å². The minimum atomic E-state index is 0. The number of aryl methyl sites for hydroxylation is 2. The second-order valence-corrected chi connectivity index (χ2v) is 10.2. The van der Waals surface area contributed by atoms with Gasteiger partial charge in [0.15, 0.2) is 0 Å². The number of hydrogen-bond donors (Lipinski definition) is 2. The Morgan fingerprint density at radius 1 is 1.06 bits per heavy atom. The molecule has 0 radical (unpaired) electrons. The maximum absolute atomic E-state index is 4.99. The number of allylic oxidation sites excluding steroid dienone is 1. The molecule has 1 aliphatic rings. The third-order valence-electron chi connectivity index (χ3n) is 6.24. The maximum atomic E-state index is 4.99. The molecule has 2 rings (SSSR count). The summed E-state index contributed by atoms with van der Waals surface area (Å²) in [7, 11) is 1.72. The van der Waals surface area contributed by atoms with Crippen molar-refractivity contribution in [1.29, 1.82) is 0 Å². The molecule has 1 saturated carbocycles. The summed E-state index contributed by atoms with van der Waals surface area (Å²) in [4.78, 5) is 0. The van der Waals surface area contributed by atoms with Crippen molar-refractivity contribution >= 4 is 0 Å². The molecule has 0 spiro atoms. The number of nitrogens with two attached hydrogens (primary N) is 2. The van der Waals surface area contributed by atoms with E-state index < -0.39 is 0 Å². The number of benzene rings is 1. The minimum absolute atomic E-state index is 0. The Bertz CT molecular complexity index is 633. The SMILES string of the molecule is C=C(C)C1CCC(C)(C)CC1.C=C(N)NC.CC.CCC(C)(C)c1cc(C)cc(C)c1.[NH2-].[Rb+]. The van der Waals surface area contributed by atoms with E-state index in [0.29, 0.717) is 16.7 Å². The third-order valence-corrected chi connectivity index (χ3v) is 6.24. The summed E-state index contributed by atoms with van der Waals surface area (Å²) < 4.78 is 0. The van der Waals surface area contributed by atoms with Gasteiger partial charge in [-0.25, -0.2) is 0 Å². The van der Waals surface area contributed by atoms with Crippen molar-refractivity contribution in [3.8, 4) is 0 Å². The van der Waals surface area contributed by atoms with E-state index in [2.05, 4.69) is 92.1 Å². The van der Waals surface area contributed by atoms with Crippen LogP contribution in [0.5, 0.6) is 0 Å². The Kier molecular flexibility index (Phi) is 24.7. The van der Waals surface area contributed by atoms with Crippen molar-refractivity contribution in [2.24, 2.45) is 17.1 Å². The predicted molar refractivity (Wildman–Crippen MR) is 149 cm³/mol. The first-order valence-corrected chi connectivity index (χ1v) is 12.1. The van der Waals surface area contributed by atoms with Crippen LogP contribution in [0.15, 0.2) is 42.8 Å². The van der Waals surface area contributed by atoms with E-state index in [-0.39, 0.29) is 64.3 Å². The van der Waals surface area contributed by atoms with E-state index in [1.165, 1.54) is 54.4 Å². The Labute approximate surface area is 257 Å². The molecule has 33 heavy (non-hydrogen) atoms. The van der Waals surface area contributed by atoms with Gasteiger partial charge in [-0.15, -0.1) is 0 Å². The van der Waals surface area contributed by atoms with Gasteiger partial charge >= 0.3 is 58.2 Å². The molecule has 0 heterocycles. The molecule has 3 nitrogen and oxygen atoms in total. The van der Waals surface area contributed by atoms with Gasteiger partial charge in [0.1, 0.15) is 0 Å². The second-order valence-electron chi connectivity index (χ2n) is 10.2. The van der Waals surface area contributed by atoms with E-state index in [1.807, 2.05) is 13.8 Å². The van der Waals surface area contributed by atoms with Crippen LogP contribution in [-0.4, -0.2) is 7.05 Å². The monoisotopic (exact) mass is 531 g/mol. The topological polar surface area (TPSA) is 71.5 Å². The van der Waals surface area contributed by atoms with Gasteiger partial charge < -0.3 is 17.2 Å². The quantitative estimate of drug-likeness (QED) is 0.457. The summed E-state index contributed by atoms with van der Waals surface area (Å²) in [5.74, 6) is 1.33. The second kappa shape index (κ2) is 20.3. The first kappa shape index (κ1) is 40.2. The molecule has 0 amide bonds. The zero-order chi connectivity index (χ0) is 24.8. The molecule has 188 valence electrons. The standard InChI is InChI=1S/C13H20.C11H20.C3H8N2.C2H6.H2N.Rb/c1-6-13(4,5)12-8-10(2)7-11(3)9-12;1-9(2)10-5-7-11(3,4)8-6-10;1-3(4)5-2;1-2;;/h7-9H,6H2,1-5H3;10H,1,5-8H2,2-4H3;5H,1,4H2,2H3;1-2H3;1H2;/q;;;;-1;+1. The molecule has 4 heteroatoms. The molecular formula is C29H56N3Rb. The zero-order valence-corrected chi connectivity index (χ0v) is 29.3. The van der Waals surface area contributed by atoms with Gasteiger partial charge in [-0.2, -0.15) is 0 Å². The Hall–Kier alpha value is 0.0652. The van der Waals surface area contributed by atoms with Crippen LogP contribution in [0.2, 0.25) is 0 Å². The van der Waals surface area contributed by atoms with E-state index in [4.69, 9.17) is 5.73 Å². The fourth-order valence-electron chi connectivity index (χ4n) is 3.46. The Morgan fingerprint density at radius 3 is 1.70 bits per heavy atom. The first-order chi connectivity index (χ1) is 14.2. The summed E-state index contributed by atoms with van der Waals surface area (Å²) in [6.45, 7) is 29.5. The largest absolute Gasteiger partial charge is 1.00 e. The number of hydrogen-bond acceptors (Lipinski definition) is 2. The molecule has 1 aromatic carbocycles. The molecule has 0 atom stereocenters. The fraction of sp³-hybridized carbons (Fsp3) is 0.655. The van der Waals surface area contributed by atoms with E-state index in [1.54, 1.807) is 7.05 Å². The Morgan fingerprint density at radius 2 is 1.42 bits per heavy atom. The molecule has 1 aliphatic carbocycles. The van der Waals surface area contributed by atoms with E-state index in [0.717, 1.165) is 5.92 Å². The van der Waals surface area contributed by atoms with Crippen LogP contribution in [-0.2, 0) is 5.41 Å².